The number of nitrogens with zero attached hydrogens (tertiary/aromatic N) is 1. The minimum absolute atomic E-state index is 0.0890. The molecule has 0 fully saturated rings. The van der Waals surface area contributed by atoms with Crippen LogP contribution in [-0.4, -0.2) is 13.1 Å². The normalized spacial score (nSPS) is 22.2. The highest BCUT2D eigenvalue weighted by Gasteiger charge is 2.31. The number of ether oxygens (including phenoxy) is 1. The van der Waals surface area contributed by atoms with Crippen LogP contribution >= 0.6 is 0 Å². The minimum atomic E-state index is 0.0890. The summed E-state index contributed by atoms with van der Waals surface area (Å²) in [6.45, 7) is 2.20. The molecule has 2 aromatic rings. The van der Waals surface area contributed by atoms with Crippen LogP contribution < -0.4 is 9.64 Å². The van der Waals surface area contributed by atoms with Gasteiger partial charge in [-0.2, -0.15) is 0 Å². The molecular formula is C16H17NO. The standard InChI is InChI=1S/C16H17NO/c1-12-16(13-8-4-3-5-9-13)18-15-11-7-6-10-14(15)17(12)2/h3-12,16H,1-2H3/t12-,16+/m0/s1. The molecule has 0 unspecified atom stereocenters. The average molecular weight is 239 g/mol. The fourth-order valence-corrected chi connectivity index (χ4v) is 2.50. The molecule has 0 saturated carbocycles. The van der Waals surface area contributed by atoms with Crippen molar-refractivity contribution in [1.29, 1.82) is 0 Å². The Morgan fingerprint density at radius 2 is 1.61 bits per heavy atom. The third-order valence-electron chi connectivity index (χ3n) is 3.68. The van der Waals surface area contributed by atoms with Gasteiger partial charge in [0.25, 0.3) is 0 Å². The van der Waals surface area contributed by atoms with E-state index in [1.54, 1.807) is 0 Å². The van der Waals surface area contributed by atoms with Crippen LogP contribution in [0.5, 0.6) is 5.75 Å². The molecule has 92 valence electrons. The van der Waals surface area contributed by atoms with Gasteiger partial charge >= 0.3 is 0 Å². The topological polar surface area (TPSA) is 12.5 Å². The van der Waals surface area contributed by atoms with Gasteiger partial charge in [-0.15, -0.1) is 0 Å². The van der Waals surface area contributed by atoms with Crippen molar-refractivity contribution in [3.05, 3.63) is 60.2 Å². The maximum atomic E-state index is 6.16. The Balaban J connectivity index is 2.01. The number of benzene rings is 2. The van der Waals surface area contributed by atoms with Gasteiger partial charge in [0.15, 0.2) is 0 Å². The minimum Gasteiger partial charge on any atom is -0.481 e. The average Bonchev–Trinajstić information content (AvgIpc) is 2.44. The fourth-order valence-electron chi connectivity index (χ4n) is 2.50. The molecule has 0 saturated heterocycles. The summed E-state index contributed by atoms with van der Waals surface area (Å²) in [5.41, 5.74) is 2.39. The Morgan fingerprint density at radius 1 is 0.944 bits per heavy atom. The van der Waals surface area contributed by atoms with Crippen LogP contribution in [0.25, 0.3) is 0 Å². The maximum absolute atomic E-state index is 6.16. The lowest BCUT2D eigenvalue weighted by atomic mass is 10.00. The van der Waals surface area contributed by atoms with Crippen molar-refractivity contribution in [3.63, 3.8) is 0 Å². The van der Waals surface area contributed by atoms with Crippen LogP contribution in [0.1, 0.15) is 18.6 Å². The van der Waals surface area contributed by atoms with E-state index >= 15 is 0 Å². The third-order valence-corrected chi connectivity index (χ3v) is 3.68. The smallest absolute Gasteiger partial charge is 0.144 e. The quantitative estimate of drug-likeness (QED) is 0.753. The molecule has 2 aromatic carbocycles. The molecule has 0 spiro atoms. The summed E-state index contributed by atoms with van der Waals surface area (Å²) in [7, 11) is 2.13. The number of para-hydroxylation sites is 2. The van der Waals surface area contributed by atoms with Crippen molar-refractivity contribution in [2.75, 3.05) is 11.9 Å². The molecule has 1 heterocycles. The van der Waals surface area contributed by atoms with E-state index in [2.05, 4.69) is 49.2 Å². The van der Waals surface area contributed by atoms with Gasteiger partial charge in [0.1, 0.15) is 11.9 Å². The fraction of sp³-hybridized carbons (Fsp3) is 0.250. The van der Waals surface area contributed by atoms with Crippen LogP contribution in [0.15, 0.2) is 54.6 Å². The molecule has 18 heavy (non-hydrogen) atoms. The number of anilines is 1. The second-order valence-electron chi connectivity index (χ2n) is 4.77. The van der Waals surface area contributed by atoms with Crippen molar-refractivity contribution < 1.29 is 4.74 Å². The Labute approximate surface area is 108 Å². The Bertz CT molecular complexity index is 538. The van der Waals surface area contributed by atoms with Crippen LogP contribution in [0, 0.1) is 0 Å². The van der Waals surface area contributed by atoms with E-state index in [1.807, 2.05) is 24.3 Å². The molecule has 0 aliphatic carbocycles. The summed E-state index contributed by atoms with van der Waals surface area (Å²) < 4.78 is 6.16. The first kappa shape index (κ1) is 11.1. The largest absolute Gasteiger partial charge is 0.481 e. The van der Waals surface area contributed by atoms with Gasteiger partial charge in [0.2, 0.25) is 0 Å². The van der Waals surface area contributed by atoms with Crippen LogP contribution in [0.3, 0.4) is 0 Å². The second kappa shape index (κ2) is 4.37. The molecule has 0 N–H and O–H groups in total. The lowest BCUT2D eigenvalue weighted by molar-refractivity contribution is 0.163. The number of fused-ring (bicyclic) bond motifs is 1. The van der Waals surface area contributed by atoms with Gasteiger partial charge < -0.3 is 9.64 Å². The molecule has 2 atom stereocenters. The number of hydrogen-bond donors (Lipinski definition) is 0. The van der Waals surface area contributed by atoms with E-state index in [1.165, 1.54) is 5.56 Å². The van der Waals surface area contributed by atoms with E-state index in [9.17, 15) is 0 Å². The lowest BCUT2D eigenvalue weighted by Crippen LogP contribution is -2.40. The molecule has 2 nitrogen and oxygen atoms in total. The van der Waals surface area contributed by atoms with Crippen molar-refractivity contribution in [2.45, 2.75) is 19.1 Å². The molecule has 3 rings (SSSR count). The number of rotatable bonds is 1. The van der Waals surface area contributed by atoms with Gasteiger partial charge in [-0.3, -0.25) is 0 Å². The molecule has 1 aliphatic heterocycles. The van der Waals surface area contributed by atoms with Crippen LogP contribution in [0.4, 0.5) is 5.69 Å². The Morgan fingerprint density at radius 3 is 2.39 bits per heavy atom. The molecule has 0 amide bonds. The zero-order valence-electron chi connectivity index (χ0n) is 10.7. The molecule has 2 heteroatoms. The SMILES string of the molecule is C[C@H]1[C@H](c2ccccc2)Oc2ccccc2N1C. The number of likely N-dealkylation sites (N-methyl/N-ethyl adjacent to an activating group) is 1. The molecular weight excluding hydrogens is 222 g/mol. The van der Waals surface area contributed by atoms with Gasteiger partial charge in [0, 0.05) is 7.05 Å². The zero-order chi connectivity index (χ0) is 12.5. The van der Waals surface area contributed by atoms with Crippen LogP contribution in [0.2, 0.25) is 0 Å². The van der Waals surface area contributed by atoms with Crippen LogP contribution in [-0.2, 0) is 0 Å². The highest BCUT2D eigenvalue weighted by atomic mass is 16.5. The van der Waals surface area contributed by atoms with Crippen molar-refractivity contribution in [2.24, 2.45) is 0 Å². The van der Waals surface area contributed by atoms with Crippen molar-refractivity contribution in [1.82, 2.24) is 0 Å². The summed E-state index contributed by atoms with van der Waals surface area (Å²) >= 11 is 0. The summed E-state index contributed by atoms with van der Waals surface area (Å²) in [5, 5.41) is 0. The first-order chi connectivity index (χ1) is 8.77. The van der Waals surface area contributed by atoms with Crippen molar-refractivity contribution >= 4 is 5.69 Å². The van der Waals surface area contributed by atoms with E-state index in [0.29, 0.717) is 6.04 Å². The molecule has 0 bridgehead atoms. The first-order valence-corrected chi connectivity index (χ1v) is 6.31. The third kappa shape index (κ3) is 1.74. The monoisotopic (exact) mass is 239 g/mol. The van der Waals surface area contributed by atoms with E-state index < -0.39 is 0 Å². The lowest BCUT2D eigenvalue weighted by Gasteiger charge is -2.39. The van der Waals surface area contributed by atoms with E-state index in [-0.39, 0.29) is 6.10 Å². The summed E-state index contributed by atoms with van der Waals surface area (Å²) in [6, 6.07) is 18.9. The summed E-state index contributed by atoms with van der Waals surface area (Å²) in [6.07, 6.45) is 0.0890. The summed E-state index contributed by atoms with van der Waals surface area (Å²) in [5.74, 6) is 0.965. The van der Waals surface area contributed by atoms with Gasteiger partial charge in [0.05, 0.1) is 11.7 Å². The highest BCUT2D eigenvalue weighted by Crippen LogP contribution is 2.40. The second-order valence-corrected chi connectivity index (χ2v) is 4.77. The Kier molecular flexibility index (Phi) is 2.71. The molecule has 0 radical (unpaired) electrons. The Hall–Kier alpha value is -1.96. The first-order valence-electron chi connectivity index (χ1n) is 6.31. The van der Waals surface area contributed by atoms with E-state index in [4.69, 9.17) is 4.74 Å². The predicted octanol–water partition coefficient (Wildman–Crippen LogP) is 3.65. The summed E-state index contributed by atoms with van der Waals surface area (Å²) in [4.78, 5) is 2.29. The maximum Gasteiger partial charge on any atom is 0.144 e. The van der Waals surface area contributed by atoms with E-state index in [0.717, 1.165) is 11.4 Å². The van der Waals surface area contributed by atoms with Gasteiger partial charge in [-0.25, -0.2) is 0 Å². The van der Waals surface area contributed by atoms with Gasteiger partial charge in [-0.1, -0.05) is 42.5 Å². The van der Waals surface area contributed by atoms with Crippen molar-refractivity contribution in [3.8, 4) is 5.75 Å². The predicted molar refractivity (Wildman–Crippen MR) is 74.1 cm³/mol. The highest BCUT2D eigenvalue weighted by molar-refractivity contribution is 5.60. The number of hydrogen-bond acceptors (Lipinski definition) is 2. The molecule has 0 aromatic heterocycles. The zero-order valence-corrected chi connectivity index (χ0v) is 10.7. The van der Waals surface area contributed by atoms with Gasteiger partial charge in [-0.05, 0) is 24.6 Å². The molecule has 1 aliphatic rings.